The van der Waals surface area contributed by atoms with E-state index in [1.54, 1.807) is 0 Å². The van der Waals surface area contributed by atoms with Gasteiger partial charge in [-0.25, -0.2) is 4.98 Å². The SMILES string of the molecule is CC(C)c1cccc(C(C)C)c1[N-]C(c1ccccc1)c1nc(-c2ccccc2)c(-c2ccccc2)n1C.[CH3-].[CH3-].[CH3-].[Hf]. The van der Waals surface area contributed by atoms with Gasteiger partial charge in [0, 0.05) is 44.0 Å². The first-order valence-corrected chi connectivity index (χ1v) is 13.5. The molecule has 0 bridgehead atoms. The Morgan fingerprint density at radius 2 is 1.05 bits per heavy atom. The number of aromatic nitrogens is 2. The summed E-state index contributed by atoms with van der Waals surface area (Å²) in [6.45, 7) is 8.99. The topological polar surface area (TPSA) is 31.9 Å². The maximum atomic E-state index is 5.56. The van der Waals surface area contributed by atoms with Gasteiger partial charge in [0.1, 0.15) is 0 Å². The van der Waals surface area contributed by atoms with Crippen molar-refractivity contribution < 1.29 is 25.8 Å². The van der Waals surface area contributed by atoms with Gasteiger partial charge in [-0.05, 0) is 17.9 Å². The number of imidazole rings is 1. The van der Waals surface area contributed by atoms with Gasteiger partial charge in [0.2, 0.25) is 0 Å². The Kier molecular flexibility index (Phi) is 14.4. The molecule has 0 N–H and O–H groups in total. The Morgan fingerprint density at radius 3 is 1.52 bits per heavy atom. The van der Waals surface area contributed by atoms with Gasteiger partial charge in [-0.1, -0.05) is 154 Å². The van der Waals surface area contributed by atoms with Crippen LogP contribution >= 0.6 is 0 Å². The number of nitrogens with zero attached hydrogens (tertiary/aromatic N) is 3. The first kappa shape index (κ1) is 36.8. The van der Waals surface area contributed by atoms with Crippen molar-refractivity contribution in [1.29, 1.82) is 0 Å². The van der Waals surface area contributed by atoms with Crippen molar-refractivity contribution in [2.24, 2.45) is 7.05 Å². The molecule has 0 radical (unpaired) electrons. The monoisotopic (exact) mass is 723 g/mol. The number of benzene rings is 4. The summed E-state index contributed by atoms with van der Waals surface area (Å²) in [6.07, 6.45) is 0. The Morgan fingerprint density at radius 1 is 0.595 bits per heavy atom. The molecule has 0 aliphatic heterocycles. The van der Waals surface area contributed by atoms with Crippen LogP contribution in [-0.2, 0) is 32.9 Å². The van der Waals surface area contributed by atoms with E-state index in [9.17, 15) is 0 Å². The van der Waals surface area contributed by atoms with Crippen LogP contribution in [-0.4, -0.2) is 9.55 Å². The molecule has 1 heterocycles. The van der Waals surface area contributed by atoms with Crippen LogP contribution in [0.2, 0.25) is 0 Å². The normalized spacial score (nSPS) is 11.0. The van der Waals surface area contributed by atoms with Crippen LogP contribution in [0, 0.1) is 22.3 Å². The number of hydrogen-bond donors (Lipinski definition) is 0. The van der Waals surface area contributed by atoms with E-state index in [2.05, 4.69) is 142 Å². The van der Waals surface area contributed by atoms with Gasteiger partial charge < -0.3 is 32.2 Å². The molecule has 4 aromatic carbocycles. The van der Waals surface area contributed by atoms with Crippen molar-refractivity contribution in [1.82, 2.24) is 9.55 Å². The molecular formula is C38H45HfN3-4. The molecule has 42 heavy (non-hydrogen) atoms. The van der Waals surface area contributed by atoms with Crippen molar-refractivity contribution >= 4 is 5.69 Å². The summed E-state index contributed by atoms with van der Waals surface area (Å²) in [5, 5.41) is 5.56. The average molecular weight is 722 g/mol. The average Bonchev–Trinajstić information content (AvgIpc) is 3.29. The minimum Gasteiger partial charge on any atom is -0.671 e. The molecule has 1 unspecified atom stereocenters. The Hall–Kier alpha value is -3.24. The van der Waals surface area contributed by atoms with E-state index in [4.69, 9.17) is 10.3 Å². The third kappa shape index (κ3) is 7.58. The molecule has 220 valence electrons. The van der Waals surface area contributed by atoms with Crippen molar-refractivity contribution in [2.75, 3.05) is 0 Å². The van der Waals surface area contributed by atoms with Crippen molar-refractivity contribution in [3.05, 3.63) is 159 Å². The van der Waals surface area contributed by atoms with Crippen LogP contribution in [0.3, 0.4) is 0 Å². The molecule has 0 fully saturated rings. The smallest absolute Gasteiger partial charge is 0.0989 e. The molecule has 5 rings (SSSR count). The van der Waals surface area contributed by atoms with Crippen LogP contribution in [0.1, 0.15) is 68.1 Å². The van der Waals surface area contributed by atoms with Crippen LogP contribution in [0.4, 0.5) is 5.69 Å². The molecular weight excluding hydrogens is 677 g/mol. The summed E-state index contributed by atoms with van der Waals surface area (Å²) in [4.78, 5) is 5.35. The number of hydrogen-bond acceptors (Lipinski definition) is 1. The minimum atomic E-state index is -0.251. The molecule has 3 nitrogen and oxygen atoms in total. The van der Waals surface area contributed by atoms with E-state index in [1.165, 1.54) is 11.1 Å². The molecule has 0 saturated heterocycles. The van der Waals surface area contributed by atoms with Crippen molar-refractivity contribution in [3.63, 3.8) is 0 Å². The third-order valence-electron chi connectivity index (χ3n) is 7.18. The van der Waals surface area contributed by atoms with Crippen molar-refractivity contribution in [3.8, 4) is 22.5 Å². The molecule has 0 aliphatic carbocycles. The maximum absolute atomic E-state index is 5.56. The standard InChI is InChI=1S/C35H36N3.3CH3.Hf/c1-24(2)29-22-15-23-30(25(3)4)33(29)36-32(27-18-11-7-12-19-27)35-37-31(26-16-9-6-10-17-26)34(38(35)5)28-20-13-8-14-21-28;;;;/h6-25,32H,1-5H3;3*1H3;/q4*-1;. The fraction of sp³-hybridized carbons (Fsp3) is 0.211. The summed E-state index contributed by atoms with van der Waals surface area (Å²) in [7, 11) is 2.13. The zero-order chi connectivity index (χ0) is 26.6. The molecule has 5 aromatic rings. The molecule has 4 heteroatoms. The summed E-state index contributed by atoms with van der Waals surface area (Å²) in [5.41, 5.74) is 9.10. The van der Waals surface area contributed by atoms with E-state index in [-0.39, 0.29) is 54.2 Å². The first-order valence-electron chi connectivity index (χ1n) is 13.5. The van der Waals surface area contributed by atoms with E-state index >= 15 is 0 Å². The number of rotatable bonds is 8. The van der Waals surface area contributed by atoms with Gasteiger partial charge in [0.05, 0.1) is 17.2 Å². The zero-order valence-corrected chi connectivity index (χ0v) is 30.1. The third-order valence-corrected chi connectivity index (χ3v) is 7.18. The fourth-order valence-electron chi connectivity index (χ4n) is 5.19. The molecule has 0 spiro atoms. The minimum absolute atomic E-state index is 0. The largest absolute Gasteiger partial charge is 0.671 e. The van der Waals surface area contributed by atoms with Gasteiger partial charge in [-0.15, -0.1) is 5.69 Å². The zero-order valence-electron chi connectivity index (χ0n) is 26.5. The van der Waals surface area contributed by atoms with Gasteiger partial charge in [0.25, 0.3) is 0 Å². The van der Waals surface area contributed by atoms with Gasteiger partial charge in [0.15, 0.2) is 0 Å². The van der Waals surface area contributed by atoms with Crippen LogP contribution in [0.25, 0.3) is 27.8 Å². The summed E-state index contributed by atoms with van der Waals surface area (Å²) >= 11 is 0. The molecule has 1 aromatic heterocycles. The Bertz CT molecular complexity index is 1460. The van der Waals surface area contributed by atoms with E-state index in [0.29, 0.717) is 11.8 Å². The molecule has 0 saturated carbocycles. The second-order valence-electron chi connectivity index (χ2n) is 10.5. The maximum Gasteiger partial charge on any atom is 0.0989 e. The van der Waals surface area contributed by atoms with E-state index < -0.39 is 0 Å². The Balaban J connectivity index is 0.00000220. The second kappa shape index (κ2) is 16.4. The summed E-state index contributed by atoms with van der Waals surface area (Å²) < 4.78 is 2.24. The Labute approximate surface area is 274 Å². The van der Waals surface area contributed by atoms with E-state index in [1.807, 2.05) is 6.07 Å². The molecule has 0 aliphatic rings. The van der Waals surface area contributed by atoms with Gasteiger partial charge >= 0.3 is 0 Å². The van der Waals surface area contributed by atoms with Crippen molar-refractivity contribution in [2.45, 2.75) is 45.6 Å². The predicted molar refractivity (Wildman–Crippen MR) is 179 cm³/mol. The second-order valence-corrected chi connectivity index (χ2v) is 10.5. The fourth-order valence-corrected chi connectivity index (χ4v) is 5.19. The first-order chi connectivity index (χ1) is 18.5. The van der Waals surface area contributed by atoms with Crippen LogP contribution in [0.5, 0.6) is 0 Å². The quantitative estimate of drug-likeness (QED) is 0.116. The number of para-hydroxylation sites is 1. The predicted octanol–water partition coefficient (Wildman–Crippen LogP) is 11.1. The molecule has 0 amide bonds. The summed E-state index contributed by atoms with van der Waals surface area (Å²) in [6, 6.07) is 38.0. The van der Waals surface area contributed by atoms with Crippen LogP contribution in [0.15, 0.2) is 109 Å². The van der Waals surface area contributed by atoms with E-state index in [0.717, 1.165) is 39.6 Å². The summed E-state index contributed by atoms with van der Waals surface area (Å²) in [5.74, 6) is 1.66. The van der Waals surface area contributed by atoms with Gasteiger partial charge in [-0.2, -0.15) is 0 Å². The van der Waals surface area contributed by atoms with Crippen LogP contribution < -0.4 is 0 Å². The van der Waals surface area contributed by atoms with Gasteiger partial charge in [-0.3, -0.25) is 0 Å². The molecule has 1 atom stereocenters.